The van der Waals surface area contributed by atoms with E-state index < -0.39 is 0 Å². The number of Topliss-reactive ketones (excluding diaryl/α,β-unsaturated/α-hetero) is 1. The Morgan fingerprint density at radius 2 is 2.04 bits per heavy atom. The largest absolute Gasteiger partial charge is 0.325 e. The minimum Gasteiger partial charge on any atom is -0.325 e. The Bertz CT molecular complexity index is 940. The molecule has 3 rings (SSSR count). The summed E-state index contributed by atoms with van der Waals surface area (Å²) >= 11 is 1.29. The van der Waals surface area contributed by atoms with Gasteiger partial charge in [0.1, 0.15) is 0 Å². The molecule has 0 aliphatic rings. The number of amides is 1. The lowest BCUT2D eigenvalue weighted by Crippen LogP contribution is -2.14. The molecule has 0 saturated heterocycles. The zero-order valence-electron chi connectivity index (χ0n) is 14.3. The predicted octanol–water partition coefficient (Wildman–Crippen LogP) is 2.81. The molecule has 0 unspecified atom stereocenters. The molecule has 1 amide bonds. The first-order chi connectivity index (χ1) is 12.5. The Labute approximate surface area is 154 Å². The standard InChI is InChI=1S/C18H17N5O2S/c1-12(24)13-5-3-7-15(9-13)20-16(25)11-26-18-22-21-17(23(18)2)14-6-4-8-19-10-14/h3-10H,11H2,1-2H3,(H,20,25). The van der Waals surface area contributed by atoms with Crippen LogP contribution in [-0.2, 0) is 11.8 Å². The minimum atomic E-state index is -0.179. The van der Waals surface area contributed by atoms with Gasteiger partial charge in [0.25, 0.3) is 0 Å². The molecular weight excluding hydrogens is 350 g/mol. The molecule has 0 aliphatic carbocycles. The summed E-state index contributed by atoms with van der Waals surface area (Å²) in [6.45, 7) is 1.49. The van der Waals surface area contributed by atoms with Gasteiger partial charge in [0.15, 0.2) is 16.8 Å². The van der Waals surface area contributed by atoms with Crippen LogP contribution in [0.4, 0.5) is 5.69 Å². The second-order valence-corrected chi connectivity index (χ2v) is 6.52. The fourth-order valence-electron chi connectivity index (χ4n) is 2.33. The van der Waals surface area contributed by atoms with Crippen LogP contribution in [-0.4, -0.2) is 37.2 Å². The Balaban J connectivity index is 1.63. The average molecular weight is 367 g/mol. The van der Waals surface area contributed by atoms with Gasteiger partial charge >= 0.3 is 0 Å². The van der Waals surface area contributed by atoms with Crippen molar-refractivity contribution in [1.82, 2.24) is 19.7 Å². The molecular formula is C18H17N5O2S. The average Bonchev–Trinajstić information content (AvgIpc) is 3.01. The van der Waals surface area contributed by atoms with Crippen molar-refractivity contribution in [3.63, 3.8) is 0 Å². The summed E-state index contributed by atoms with van der Waals surface area (Å²) in [4.78, 5) is 27.7. The van der Waals surface area contributed by atoms with Crippen LogP contribution < -0.4 is 5.32 Å². The third-order valence-electron chi connectivity index (χ3n) is 3.64. The Kier molecular flexibility index (Phi) is 5.43. The summed E-state index contributed by atoms with van der Waals surface area (Å²) in [5, 5.41) is 11.7. The highest BCUT2D eigenvalue weighted by molar-refractivity contribution is 7.99. The van der Waals surface area contributed by atoms with Crippen molar-refractivity contribution in [3.05, 3.63) is 54.4 Å². The van der Waals surface area contributed by atoms with Gasteiger partial charge in [-0.1, -0.05) is 23.9 Å². The summed E-state index contributed by atoms with van der Waals surface area (Å²) in [6, 6.07) is 10.6. The number of carbonyl (C=O) groups is 2. The van der Waals surface area contributed by atoms with Crippen molar-refractivity contribution in [2.45, 2.75) is 12.1 Å². The number of aromatic nitrogens is 4. The highest BCUT2D eigenvalue weighted by Gasteiger charge is 2.13. The first-order valence-electron chi connectivity index (χ1n) is 7.88. The molecule has 26 heavy (non-hydrogen) atoms. The minimum absolute atomic E-state index is 0.0440. The van der Waals surface area contributed by atoms with Crippen LogP contribution in [0.3, 0.4) is 0 Å². The maximum absolute atomic E-state index is 12.2. The van der Waals surface area contributed by atoms with Crippen LogP contribution >= 0.6 is 11.8 Å². The molecule has 0 bridgehead atoms. The number of pyridine rings is 1. The van der Waals surface area contributed by atoms with E-state index in [0.717, 1.165) is 5.56 Å². The highest BCUT2D eigenvalue weighted by Crippen LogP contribution is 2.22. The molecule has 0 atom stereocenters. The monoisotopic (exact) mass is 367 g/mol. The molecule has 8 heteroatoms. The summed E-state index contributed by atoms with van der Waals surface area (Å²) < 4.78 is 1.82. The molecule has 0 radical (unpaired) electrons. The first-order valence-corrected chi connectivity index (χ1v) is 8.86. The van der Waals surface area contributed by atoms with Gasteiger partial charge in [0.2, 0.25) is 5.91 Å². The number of rotatable bonds is 6. The van der Waals surface area contributed by atoms with E-state index in [9.17, 15) is 9.59 Å². The van der Waals surface area contributed by atoms with Gasteiger partial charge in [-0.25, -0.2) is 0 Å². The molecule has 0 fully saturated rings. The number of benzene rings is 1. The van der Waals surface area contributed by atoms with Gasteiger partial charge < -0.3 is 9.88 Å². The number of ketones is 1. The van der Waals surface area contributed by atoms with Crippen molar-refractivity contribution in [2.75, 3.05) is 11.1 Å². The second kappa shape index (κ2) is 7.92. The Morgan fingerprint density at radius 1 is 1.19 bits per heavy atom. The number of thioether (sulfide) groups is 1. The maximum atomic E-state index is 12.2. The van der Waals surface area contributed by atoms with E-state index in [-0.39, 0.29) is 17.4 Å². The highest BCUT2D eigenvalue weighted by atomic mass is 32.2. The molecule has 1 N–H and O–H groups in total. The normalized spacial score (nSPS) is 10.5. The number of hydrogen-bond acceptors (Lipinski definition) is 6. The molecule has 0 aliphatic heterocycles. The predicted molar refractivity (Wildman–Crippen MR) is 100 cm³/mol. The van der Waals surface area contributed by atoms with Crippen LogP contribution in [0.25, 0.3) is 11.4 Å². The molecule has 3 aromatic rings. The lowest BCUT2D eigenvalue weighted by Gasteiger charge is -2.06. The molecule has 132 valence electrons. The number of anilines is 1. The molecule has 2 aromatic heterocycles. The third kappa shape index (κ3) is 4.15. The van der Waals surface area contributed by atoms with E-state index in [1.807, 2.05) is 23.7 Å². The zero-order valence-corrected chi connectivity index (χ0v) is 15.2. The number of carbonyl (C=O) groups excluding carboxylic acids is 2. The number of nitrogens with zero attached hydrogens (tertiary/aromatic N) is 4. The van der Waals surface area contributed by atoms with E-state index in [1.54, 1.807) is 36.7 Å². The summed E-state index contributed by atoms with van der Waals surface area (Å²) in [5.74, 6) is 0.651. The molecule has 0 saturated carbocycles. The van der Waals surface area contributed by atoms with E-state index in [1.165, 1.54) is 18.7 Å². The quantitative estimate of drug-likeness (QED) is 0.532. The third-order valence-corrected chi connectivity index (χ3v) is 4.66. The van der Waals surface area contributed by atoms with Crippen LogP contribution in [0.15, 0.2) is 53.9 Å². The fourth-order valence-corrected chi connectivity index (χ4v) is 3.04. The van der Waals surface area contributed by atoms with Gasteiger partial charge in [0, 0.05) is 36.3 Å². The van der Waals surface area contributed by atoms with Gasteiger partial charge in [0.05, 0.1) is 5.75 Å². The SMILES string of the molecule is CC(=O)c1cccc(NC(=O)CSc2nnc(-c3cccnc3)n2C)c1. The van der Waals surface area contributed by atoms with Gasteiger partial charge in [-0.15, -0.1) is 10.2 Å². The first kappa shape index (κ1) is 17.8. The molecule has 7 nitrogen and oxygen atoms in total. The van der Waals surface area contributed by atoms with Crippen molar-refractivity contribution in [2.24, 2.45) is 7.05 Å². The van der Waals surface area contributed by atoms with E-state index in [4.69, 9.17) is 0 Å². The number of hydrogen-bond donors (Lipinski definition) is 1. The van der Waals surface area contributed by atoms with E-state index in [0.29, 0.717) is 22.2 Å². The fraction of sp³-hybridized carbons (Fsp3) is 0.167. The lowest BCUT2D eigenvalue weighted by molar-refractivity contribution is -0.113. The lowest BCUT2D eigenvalue weighted by atomic mass is 10.1. The van der Waals surface area contributed by atoms with Crippen LogP contribution in [0.2, 0.25) is 0 Å². The topological polar surface area (TPSA) is 89.8 Å². The van der Waals surface area contributed by atoms with Gasteiger partial charge in [-0.05, 0) is 31.2 Å². The van der Waals surface area contributed by atoms with Crippen LogP contribution in [0, 0.1) is 0 Å². The summed E-state index contributed by atoms with van der Waals surface area (Å²) in [7, 11) is 1.85. The molecule has 1 aromatic carbocycles. The summed E-state index contributed by atoms with van der Waals surface area (Å²) in [5.41, 5.74) is 2.02. The number of nitrogens with one attached hydrogen (secondary N) is 1. The van der Waals surface area contributed by atoms with Crippen molar-refractivity contribution >= 4 is 29.1 Å². The molecule has 0 spiro atoms. The summed E-state index contributed by atoms with van der Waals surface area (Å²) in [6.07, 6.45) is 3.41. The zero-order chi connectivity index (χ0) is 18.5. The Morgan fingerprint density at radius 3 is 2.77 bits per heavy atom. The van der Waals surface area contributed by atoms with Gasteiger partial charge in [-0.2, -0.15) is 0 Å². The van der Waals surface area contributed by atoms with Crippen molar-refractivity contribution in [1.29, 1.82) is 0 Å². The van der Waals surface area contributed by atoms with Crippen LogP contribution in [0.1, 0.15) is 17.3 Å². The van der Waals surface area contributed by atoms with Crippen molar-refractivity contribution in [3.8, 4) is 11.4 Å². The Hall–Kier alpha value is -3.00. The second-order valence-electron chi connectivity index (χ2n) is 5.58. The smallest absolute Gasteiger partial charge is 0.234 e. The van der Waals surface area contributed by atoms with Gasteiger partial charge in [-0.3, -0.25) is 14.6 Å². The van der Waals surface area contributed by atoms with E-state index in [2.05, 4.69) is 20.5 Å². The molecule has 2 heterocycles. The van der Waals surface area contributed by atoms with E-state index >= 15 is 0 Å². The van der Waals surface area contributed by atoms with Crippen LogP contribution in [0.5, 0.6) is 0 Å². The van der Waals surface area contributed by atoms with Crippen molar-refractivity contribution < 1.29 is 9.59 Å². The maximum Gasteiger partial charge on any atom is 0.234 e.